The predicted octanol–water partition coefficient (Wildman–Crippen LogP) is 1.54. The number of thiazole rings is 1. The van der Waals surface area contributed by atoms with Gasteiger partial charge in [-0.15, -0.1) is 11.3 Å². The average Bonchev–Trinajstić information content (AvgIpc) is 2.76. The van der Waals surface area contributed by atoms with Crippen LogP contribution in [0.5, 0.6) is 0 Å². The third-order valence-electron chi connectivity index (χ3n) is 2.07. The third-order valence-corrected chi connectivity index (χ3v) is 3.03. The summed E-state index contributed by atoms with van der Waals surface area (Å²) in [6, 6.07) is 3.66. The SMILES string of the molecule is Cc1csc(CC(=O)N/N=C\c2cccnc2)n1. The van der Waals surface area contributed by atoms with Crippen molar-refractivity contribution in [2.45, 2.75) is 13.3 Å². The molecular formula is C12H12N4OS. The molecular weight excluding hydrogens is 248 g/mol. The van der Waals surface area contributed by atoms with Crippen LogP contribution < -0.4 is 5.43 Å². The van der Waals surface area contributed by atoms with E-state index in [9.17, 15) is 4.79 Å². The molecule has 6 heteroatoms. The first-order valence-corrected chi connectivity index (χ1v) is 6.25. The second kappa shape index (κ2) is 6.02. The highest BCUT2D eigenvalue weighted by Crippen LogP contribution is 2.08. The van der Waals surface area contributed by atoms with E-state index in [4.69, 9.17) is 0 Å². The van der Waals surface area contributed by atoms with Crippen molar-refractivity contribution in [1.82, 2.24) is 15.4 Å². The van der Waals surface area contributed by atoms with Gasteiger partial charge < -0.3 is 0 Å². The first-order chi connectivity index (χ1) is 8.74. The largest absolute Gasteiger partial charge is 0.273 e. The van der Waals surface area contributed by atoms with Crippen LogP contribution in [0.15, 0.2) is 35.0 Å². The fourth-order valence-electron chi connectivity index (χ4n) is 1.29. The molecule has 18 heavy (non-hydrogen) atoms. The van der Waals surface area contributed by atoms with E-state index in [1.807, 2.05) is 24.4 Å². The van der Waals surface area contributed by atoms with E-state index >= 15 is 0 Å². The molecule has 0 radical (unpaired) electrons. The zero-order valence-corrected chi connectivity index (χ0v) is 10.6. The molecule has 2 aromatic rings. The molecule has 92 valence electrons. The molecule has 1 N–H and O–H groups in total. The highest BCUT2D eigenvalue weighted by atomic mass is 32.1. The normalized spacial score (nSPS) is 10.7. The number of nitrogens with one attached hydrogen (secondary N) is 1. The summed E-state index contributed by atoms with van der Waals surface area (Å²) < 4.78 is 0. The van der Waals surface area contributed by atoms with Gasteiger partial charge in [0.1, 0.15) is 5.01 Å². The zero-order chi connectivity index (χ0) is 12.8. The monoisotopic (exact) mass is 260 g/mol. The van der Waals surface area contributed by atoms with Crippen molar-refractivity contribution >= 4 is 23.5 Å². The van der Waals surface area contributed by atoms with Crippen molar-refractivity contribution in [2.75, 3.05) is 0 Å². The Hall–Kier alpha value is -2.08. The molecule has 5 nitrogen and oxygen atoms in total. The first kappa shape index (κ1) is 12.4. The fraction of sp³-hybridized carbons (Fsp3) is 0.167. The second-order valence-corrected chi connectivity index (χ2v) is 4.58. The highest BCUT2D eigenvalue weighted by molar-refractivity contribution is 7.09. The van der Waals surface area contributed by atoms with Gasteiger partial charge in [-0.2, -0.15) is 5.10 Å². The highest BCUT2D eigenvalue weighted by Gasteiger charge is 2.05. The molecule has 2 aromatic heterocycles. The summed E-state index contributed by atoms with van der Waals surface area (Å²) >= 11 is 1.47. The second-order valence-electron chi connectivity index (χ2n) is 3.64. The number of nitrogens with zero attached hydrogens (tertiary/aromatic N) is 3. The van der Waals surface area contributed by atoms with E-state index < -0.39 is 0 Å². The molecule has 0 bridgehead atoms. The van der Waals surface area contributed by atoms with E-state index in [1.165, 1.54) is 11.3 Å². The van der Waals surface area contributed by atoms with Crippen LogP contribution in [0.2, 0.25) is 0 Å². The lowest BCUT2D eigenvalue weighted by atomic mass is 10.3. The minimum Gasteiger partial charge on any atom is -0.273 e. The number of carbonyl (C=O) groups excluding carboxylic acids is 1. The van der Waals surface area contributed by atoms with Gasteiger partial charge >= 0.3 is 0 Å². The Morgan fingerprint density at radius 2 is 2.50 bits per heavy atom. The van der Waals surface area contributed by atoms with Crippen molar-refractivity contribution in [3.8, 4) is 0 Å². The van der Waals surface area contributed by atoms with Crippen molar-refractivity contribution in [3.05, 3.63) is 46.2 Å². The number of pyridine rings is 1. The maximum absolute atomic E-state index is 11.5. The quantitative estimate of drug-likeness (QED) is 0.669. The summed E-state index contributed by atoms with van der Waals surface area (Å²) in [6.07, 6.45) is 5.15. The van der Waals surface area contributed by atoms with E-state index in [1.54, 1.807) is 18.6 Å². The molecule has 1 amide bonds. The van der Waals surface area contributed by atoms with Gasteiger partial charge in [0.05, 0.1) is 12.6 Å². The summed E-state index contributed by atoms with van der Waals surface area (Å²) in [5.74, 6) is -0.176. The molecule has 0 unspecified atom stereocenters. The third kappa shape index (κ3) is 3.74. The fourth-order valence-corrected chi connectivity index (χ4v) is 2.06. The number of hydrazone groups is 1. The summed E-state index contributed by atoms with van der Waals surface area (Å²) in [5.41, 5.74) is 4.23. The van der Waals surface area contributed by atoms with E-state index in [-0.39, 0.29) is 12.3 Å². The Balaban J connectivity index is 1.83. The van der Waals surface area contributed by atoms with Crippen LogP contribution in [0.3, 0.4) is 0 Å². The van der Waals surface area contributed by atoms with Crippen molar-refractivity contribution in [2.24, 2.45) is 5.10 Å². The Morgan fingerprint density at radius 3 is 3.17 bits per heavy atom. The molecule has 0 aliphatic carbocycles. The summed E-state index contributed by atoms with van der Waals surface area (Å²) in [5, 5.41) is 6.57. The molecule has 2 heterocycles. The van der Waals surface area contributed by atoms with Crippen LogP contribution in [0.1, 0.15) is 16.3 Å². The number of rotatable bonds is 4. The van der Waals surface area contributed by atoms with Crippen LogP contribution in [-0.4, -0.2) is 22.1 Å². The van der Waals surface area contributed by atoms with Gasteiger partial charge in [-0.05, 0) is 13.0 Å². The summed E-state index contributed by atoms with van der Waals surface area (Å²) in [6.45, 7) is 1.90. The molecule has 2 rings (SSSR count). The van der Waals surface area contributed by atoms with Gasteiger partial charge in [0, 0.05) is 29.0 Å². The van der Waals surface area contributed by atoms with Gasteiger partial charge in [0.25, 0.3) is 0 Å². The van der Waals surface area contributed by atoms with E-state index in [0.29, 0.717) is 0 Å². The molecule has 0 fully saturated rings. The van der Waals surface area contributed by atoms with Crippen molar-refractivity contribution in [3.63, 3.8) is 0 Å². The minimum absolute atomic E-state index is 0.176. The van der Waals surface area contributed by atoms with Crippen molar-refractivity contribution < 1.29 is 4.79 Å². The van der Waals surface area contributed by atoms with Gasteiger partial charge in [0.2, 0.25) is 5.91 Å². The summed E-state index contributed by atoms with van der Waals surface area (Å²) in [4.78, 5) is 19.7. The summed E-state index contributed by atoms with van der Waals surface area (Å²) in [7, 11) is 0. The van der Waals surface area contributed by atoms with Crippen LogP contribution >= 0.6 is 11.3 Å². The molecule has 0 atom stereocenters. The molecule has 0 saturated heterocycles. The van der Waals surface area contributed by atoms with Gasteiger partial charge in [-0.25, -0.2) is 10.4 Å². The Kier molecular flexibility index (Phi) is 4.14. The van der Waals surface area contributed by atoms with Crippen LogP contribution in [-0.2, 0) is 11.2 Å². The average molecular weight is 260 g/mol. The Bertz CT molecular complexity index is 550. The smallest absolute Gasteiger partial charge is 0.246 e. The number of hydrogen-bond donors (Lipinski definition) is 1. The number of hydrogen-bond acceptors (Lipinski definition) is 5. The van der Waals surface area contributed by atoms with Crippen molar-refractivity contribution in [1.29, 1.82) is 0 Å². The Labute approximate surface area is 109 Å². The molecule has 0 saturated carbocycles. The molecule has 0 aromatic carbocycles. The molecule has 0 aliphatic heterocycles. The van der Waals surface area contributed by atoms with Gasteiger partial charge in [-0.1, -0.05) is 6.07 Å². The lowest BCUT2D eigenvalue weighted by Crippen LogP contribution is -2.19. The standard InChI is InChI=1S/C12H12N4OS/c1-9-8-18-12(15-9)5-11(17)16-14-7-10-3-2-4-13-6-10/h2-4,6-8H,5H2,1H3,(H,16,17)/b14-7-. The molecule has 0 aliphatic rings. The topological polar surface area (TPSA) is 67.2 Å². The Morgan fingerprint density at radius 1 is 1.61 bits per heavy atom. The molecule has 0 spiro atoms. The number of amides is 1. The van der Waals surface area contributed by atoms with E-state index in [2.05, 4.69) is 20.5 Å². The van der Waals surface area contributed by atoms with Crippen LogP contribution in [0, 0.1) is 6.92 Å². The lowest BCUT2D eigenvalue weighted by molar-refractivity contribution is -0.120. The van der Waals surface area contributed by atoms with Crippen LogP contribution in [0.4, 0.5) is 0 Å². The lowest BCUT2D eigenvalue weighted by Gasteiger charge is -1.96. The minimum atomic E-state index is -0.176. The zero-order valence-electron chi connectivity index (χ0n) is 9.83. The predicted molar refractivity (Wildman–Crippen MR) is 70.5 cm³/mol. The maximum atomic E-state index is 11.5. The maximum Gasteiger partial charge on any atom is 0.246 e. The van der Waals surface area contributed by atoms with E-state index in [0.717, 1.165) is 16.3 Å². The number of carbonyl (C=O) groups is 1. The first-order valence-electron chi connectivity index (χ1n) is 5.37. The van der Waals surface area contributed by atoms with Gasteiger partial charge in [0.15, 0.2) is 0 Å². The number of aryl methyl sites for hydroxylation is 1. The number of aromatic nitrogens is 2. The van der Waals surface area contributed by atoms with Crippen LogP contribution in [0.25, 0.3) is 0 Å². The van der Waals surface area contributed by atoms with Gasteiger partial charge in [-0.3, -0.25) is 9.78 Å².